The fourth-order valence-corrected chi connectivity index (χ4v) is 1.69. The van der Waals surface area contributed by atoms with Crippen molar-refractivity contribution in [2.75, 3.05) is 5.32 Å². The molecule has 90 valence electrons. The van der Waals surface area contributed by atoms with Crippen LogP contribution in [0.2, 0.25) is 5.02 Å². The highest BCUT2D eigenvalue weighted by Gasteiger charge is 2.06. The molecule has 0 radical (unpaired) electrons. The van der Waals surface area contributed by atoms with Gasteiger partial charge < -0.3 is 5.32 Å². The molecule has 0 unspecified atom stereocenters. The van der Waals surface area contributed by atoms with Crippen molar-refractivity contribution in [3.05, 3.63) is 64.4 Å². The Kier molecular flexibility index (Phi) is 3.81. The highest BCUT2D eigenvalue weighted by Crippen LogP contribution is 2.16. The third-order valence-corrected chi connectivity index (χ3v) is 2.78. The van der Waals surface area contributed by atoms with Crippen molar-refractivity contribution in [2.24, 2.45) is 0 Å². The molecule has 0 saturated heterocycles. The van der Waals surface area contributed by atoms with Crippen LogP contribution in [0.1, 0.15) is 11.1 Å². The minimum absolute atomic E-state index is 0.0606. The van der Waals surface area contributed by atoms with Gasteiger partial charge in [0, 0.05) is 22.8 Å². The third-order valence-electron chi connectivity index (χ3n) is 2.53. The van der Waals surface area contributed by atoms with Crippen molar-refractivity contribution < 1.29 is 4.39 Å². The Labute approximate surface area is 110 Å². The van der Waals surface area contributed by atoms with Crippen LogP contribution < -0.4 is 5.32 Å². The molecule has 0 amide bonds. The van der Waals surface area contributed by atoms with E-state index in [9.17, 15) is 4.39 Å². The maximum absolute atomic E-state index is 13.8. The zero-order chi connectivity index (χ0) is 13.0. The first-order valence-electron chi connectivity index (χ1n) is 5.37. The lowest BCUT2D eigenvalue weighted by atomic mass is 10.1. The highest BCUT2D eigenvalue weighted by atomic mass is 35.5. The molecule has 0 atom stereocenters. The second-order valence-corrected chi connectivity index (χ2v) is 4.19. The lowest BCUT2D eigenvalue weighted by molar-refractivity contribution is 0.609. The number of benzene rings is 2. The summed E-state index contributed by atoms with van der Waals surface area (Å²) in [5.74, 6) is -0.471. The Morgan fingerprint density at radius 3 is 2.56 bits per heavy atom. The zero-order valence-corrected chi connectivity index (χ0v) is 10.2. The SMILES string of the molecule is N#Cc1cccc(CNc2ccc(Cl)cc2)c1F. The van der Waals surface area contributed by atoms with E-state index in [-0.39, 0.29) is 5.56 Å². The number of rotatable bonds is 3. The van der Waals surface area contributed by atoms with E-state index in [1.54, 1.807) is 24.3 Å². The lowest BCUT2D eigenvalue weighted by Crippen LogP contribution is -2.02. The molecule has 0 aliphatic heterocycles. The monoisotopic (exact) mass is 260 g/mol. The molecule has 0 bridgehead atoms. The van der Waals surface area contributed by atoms with Gasteiger partial charge in [0.1, 0.15) is 11.9 Å². The van der Waals surface area contributed by atoms with E-state index in [0.29, 0.717) is 17.1 Å². The van der Waals surface area contributed by atoms with Crippen molar-refractivity contribution >= 4 is 17.3 Å². The zero-order valence-electron chi connectivity index (χ0n) is 9.45. The molecule has 0 spiro atoms. The van der Waals surface area contributed by atoms with Crippen LogP contribution in [-0.4, -0.2) is 0 Å². The van der Waals surface area contributed by atoms with Gasteiger partial charge in [-0.3, -0.25) is 0 Å². The number of nitriles is 1. The molecule has 2 aromatic carbocycles. The quantitative estimate of drug-likeness (QED) is 0.907. The maximum Gasteiger partial charge on any atom is 0.145 e. The molecule has 2 nitrogen and oxygen atoms in total. The summed E-state index contributed by atoms with van der Waals surface area (Å²) in [6, 6.07) is 13.7. The molecule has 0 saturated carbocycles. The smallest absolute Gasteiger partial charge is 0.145 e. The summed E-state index contributed by atoms with van der Waals surface area (Å²) in [5, 5.41) is 12.5. The minimum Gasteiger partial charge on any atom is -0.381 e. The van der Waals surface area contributed by atoms with Crippen LogP contribution in [0, 0.1) is 17.1 Å². The molecule has 1 N–H and O–H groups in total. The molecule has 2 aromatic rings. The molecule has 0 aromatic heterocycles. The Hall–Kier alpha value is -2.05. The van der Waals surface area contributed by atoms with E-state index in [0.717, 1.165) is 5.69 Å². The number of nitrogens with one attached hydrogen (secondary N) is 1. The van der Waals surface area contributed by atoms with Gasteiger partial charge in [-0.05, 0) is 30.3 Å². The van der Waals surface area contributed by atoms with Gasteiger partial charge >= 0.3 is 0 Å². The average Bonchev–Trinajstić information content (AvgIpc) is 2.39. The largest absolute Gasteiger partial charge is 0.381 e. The lowest BCUT2D eigenvalue weighted by Gasteiger charge is -2.08. The third kappa shape index (κ3) is 2.79. The molecular formula is C14H10ClFN2. The van der Waals surface area contributed by atoms with Crippen molar-refractivity contribution in [1.29, 1.82) is 5.26 Å². The van der Waals surface area contributed by atoms with Gasteiger partial charge in [0.15, 0.2) is 0 Å². The molecule has 0 heterocycles. The number of hydrogen-bond donors (Lipinski definition) is 1. The van der Waals surface area contributed by atoms with Crippen LogP contribution in [0.5, 0.6) is 0 Å². The van der Waals surface area contributed by atoms with Crippen LogP contribution in [-0.2, 0) is 6.54 Å². The molecule has 0 fully saturated rings. The summed E-state index contributed by atoms with van der Waals surface area (Å²) in [4.78, 5) is 0. The number of hydrogen-bond acceptors (Lipinski definition) is 2. The van der Waals surface area contributed by atoms with Gasteiger partial charge in [0.05, 0.1) is 5.56 Å². The summed E-state index contributed by atoms with van der Waals surface area (Å²) < 4.78 is 13.8. The summed E-state index contributed by atoms with van der Waals surface area (Å²) in [5.41, 5.74) is 1.37. The van der Waals surface area contributed by atoms with Gasteiger partial charge in [-0.2, -0.15) is 5.26 Å². The van der Waals surface area contributed by atoms with Gasteiger partial charge in [0.25, 0.3) is 0 Å². The fraction of sp³-hybridized carbons (Fsp3) is 0.0714. The van der Waals surface area contributed by atoms with E-state index >= 15 is 0 Å². The van der Waals surface area contributed by atoms with Crippen molar-refractivity contribution in [3.8, 4) is 6.07 Å². The predicted molar refractivity (Wildman–Crippen MR) is 69.9 cm³/mol. The van der Waals surface area contributed by atoms with Crippen molar-refractivity contribution in [2.45, 2.75) is 6.54 Å². The summed E-state index contributed by atoms with van der Waals surface area (Å²) in [7, 11) is 0. The number of anilines is 1. The fourth-order valence-electron chi connectivity index (χ4n) is 1.57. The Morgan fingerprint density at radius 1 is 1.17 bits per heavy atom. The standard InChI is InChI=1S/C14H10ClFN2/c15-12-4-6-13(7-5-12)18-9-11-3-1-2-10(8-17)14(11)16/h1-7,18H,9H2. The van der Waals surface area contributed by atoms with Gasteiger partial charge in [-0.15, -0.1) is 0 Å². The molecule has 2 rings (SSSR count). The summed E-state index contributed by atoms with van der Waals surface area (Å²) >= 11 is 5.77. The van der Waals surface area contributed by atoms with Crippen LogP contribution in [0.25, 0.3) is 0 Å². The van der Waals surface area contributed by atoms with Crippen LogP contribution in [0.4, 0.5) is 10.1 Å². The topological polar surface area (TPSA) is 35.8 Å². The second-order valence-electron chi connectivity index (χ2n) is 3.75. The molecule has 0 aliphatic carbocycles. The summed E-state index contributed by atoms with van der Waals surface area (Å²) in [6.45, 7) is 0.322. The first-order valence-corrected chi connectivity index (χ1v) is 5.75. The minimum atomic E-state index is -0.471. The van der Waals surface area contributed by atoms with E-state index in [2.05, 4.69) is 5.32 Å². The number of halogens is 2. The van der Waals surface area contributed by atoms with Gasteiger partial charge in [-0.1, -0.05) is 23.7 Å². The van der Waals surface area contributed by atoms with Crippen LogP contribution in [0.15, 0.2) is 42.5 Å². The average molecular weight is 261 g/mol. The molecular weight excluding hydrogens is 251 g/mol. The first kappa shape index (κ1) is 12.4. The van der Waals surface area contributed by atoms with E-state index in [4.69, 9.17) is 16.9 Å². The van der Waals surface area contributed by atoms with Gasteiger partial charge in [0.2, 0.25) is 0 Å². The second kappa shape index (κ2) is 5.52. The van der Waals surface area contributed by atoms with Crippen LogP contribution in [0.3, 0.4) is 0 Å². The number of nitrogens with zero attached hydrogens (tertiary/aromatic N) is 1. The first-order chi connectivity index (χ1) is 8.70. The van der Waals surface area contributed by atoms with E-state index < -0.39 is 5.82 Å². The molecule has 4 heteroatoms. The Bertz CT molecular complexity index is 588. The normalized spacial score (nSPS) is 9.83. The highest BCUT2D eigenvalue weighted by molar-refractivity contribution is 6.30. The van der Waals surface area contributed by atoms with Crippen LogP contribution >= 0.6 is 11.6 Å². The predicted octanol–water partition coefficient (Wildman–Crippen LogP) is 3.96. The van der Waals surface area contributed by atoms with Crippen molar-refractivity contribution in [3.63, 3.8) is 0 Å². The maximum atomic E-state index is 13.8. The van der Waals surface area contributed by atoms with Gasteiger partial charge in [-0.25, -0.2) is 4.39 Å². The summed E-state index contributed by atoms with van der Waals surface area (Å²) in [6.07, 6.45) is 0. The molecule has 18 heavy (non-hydrogen) atoms. The van der Waals surface area contributed by atoms with E-state index in [1.165, 1.54) is 6.07 Å². The Balaban J connectivity index is 2.11. The van der Waals surface area contributed by atoms with Crippen molar-refractivity contribution in [1.82, 2.24) is 0 Å². The van der Waals surface area contributed by atoms with E-state index in [1.807, 2.05) is 18.2 Å². The Morgan fingerprint density at radius 2 is 1.89 bits per heavy atom. The molecule has 0 aliphatic rings.